The average molecular weight is 314 g/mol. The summed E-state index contributed by atoms with van der Waals surface area (Å²) in [5.74, 6) is 1.22. The minimum Gasteiger partial charge on any atom is -0.455 e. The Morgan fingerprint density at radius 1 is 1.22 bits per heavy atom. The van der Waals surface area contributed by atoms with Crippen LogP contribution in [0.3, 0.4) is 0 Å². The van der Waals surface area contributed by atoms with Gasteiger partial charge in [-0.05, 0) is 19.2 Å². The van der Waals surface area contributed by atoms with Crippen molar-refractivity contribution in [3.63, 3.8) is 0 Å². The summed E-state index contributed by atoms with van der Waals surface area (Å²) >= 11 is 0. The summed E-state index contributed by atoms with van der Waals surface area (Å²) in [4.78, 5) is 12.7. The molecule has 120 valence electrons. The molecule has 0 saturated carbocycles. The maximum Gasteiger partial charge on any atom is 0.270 e. The average Bonchev–Trinajstić information content (AvgIpc) is 3.03. The third-order valence-electron chi connectivity index (χ3n) is 3.80. The van der Waals surface area contributed by atoms with E-state index in [2.05, 4.69) is 17.0 Å². The monoisotopic (exact) mass is 314 g/mol. The fraction of sp³-hybridized carbons (Fsp3) is 0.312. The van der Waals surface area contributed by atoms with Gasteiger partial charge in [-0.3, -0.25) is 15.1 Å². The molecule has 0 bridgehead atoms. The number of piperazine rings is 1. The molecule has 0 N–H and O–H groups in total. The molecule has 1 aliphatic heterocycles. The van der Waals surface area contributed by atoms with E-state index in [1.54, 1.807) is 24.4 Å². The van der Waals surface area contributed by atoms with Crippen LogP contribution in [-0.2, 0) is 0 Å². The van der Waals surface area contributed by atoms with Gasteiger partial charge >= 0.3 is 0 Å². The molecule has 0 amide bonds. The summed E-state index contributed by atoms with van der Waals surface area (Å²) in [6.45, 7) is 3.78. The van der Waals surface area contributed by atoms with E-state index in [0.29, 0.717) is 17.1 Å². The number of nitrogens with zero attached hydrogens (tertiary/aromatic N) is 4. The Kier molecular flexibility index (Phi) is 4.38. The van der Waals surface area contributed by atoms with Crippen LogP contribution in [0.5, 0.6) is 0 Å². The molecule has 1 saturated heterocycles. The summed E-state index contributed by atoms with van der Waals surface area (Å²) in [5.41, 5.74) is 0.727. The Bertz CT molecular complexity index is 718. The number of benzene rings is 1. The lowest BCUT2D eigenvalue weighted by Gasteiger charge is -2.30. The van der Waals surface area contributed by atoms with Gasteiger partial charge in [-0.15, -0.1) is 0 Å². The highest BCUT2D eigenvalue weighted by Crippen LogP contribution is 2.25. The smallest absolute Gasteiger partial charge is 0.270 e. The van der Waals surface area contributed by atoms with E-state index in [-0.39, 0.29) is 5.69 Å². The van der Waals surface area contributed by atoms with E-state index in [0.717, 1.165) is 26.2 Å². The molecule has 0 atom stereocenters. The lowest BCUT2D eigenvalue weighted by Crippen LogP contribution is -2.41. The first-order valence-electron chi connectivity index (χ1n) is 7.44. The fourth-order valence-electron chi connectivity index (χ4n) is 2.40. The Balaban J connectivity index is 1.70. The van der Waals surface area contributed by atoms with Crippen LogP contribution in [0.2, 0.25) is 0 Å². The molecule has 2 heterocycles. The van der Waals surface area contributed by atoms with Crippen LogP contribution >= 0.6 is 0 Å². The molecule has 0 spiro atoms. The molecule has 3 rings (SSSR count). The number of furan rings is 1. The third kappa shape index (κ3) is 3.75. The van der Waals surface area contributed by atoms with E-state index in [4.69, 9.17) is 4.42 Å². The van der Waals surface area contributed by atoms with Gasteiger partial charge in [0.15, 0.2) is 0 Å². The molecule has 7 heteroatoms. The number of hydrazone groups is 1. The van der Waals surface area contributed by atoms with Crippen LogP contribution in [0, 0.1) is 10.1 Å². The van der Waals surface area contributed by atoms with Gasteiger partial charge < -0.3 is 9.32 Å². The van der Waals surface area contributed by atoms with E-state index < -0.39 is 4.92 Å². The van der Waals surface area contributed by atoms with Crippen molar-refractivity contribution < 1.29 is 9.34 Å². The Hall–Kier alpha value is -2.67. The van der Waals surface area contributed by atoms with Crippen molar-refractivity contribution in [1.29, 1.82) is 0 Å². The molecule has 2 aromatic rings. The number of hydrogen-bond acceptors (Lipinski definition) is 6. The van der Waals surface area contributed by atoms with Gasteiger partial charge in [0.25, 0.3) is 5.69 Å². The second-order valence-corrected chi connectivity index (χ2v) is 5.51. The van der Waals surface area contributed by atoms with Gasteiger partial charge in [-0.2, -0.15) is 5.10 Å². The normalized spacial score (nSPS) is 16.1. The van der Waals surface area contributed by atoms with E-state index in [1.807, 2.05) is 11.1 Å². The van der Waals surface area contributed by atoms with Crippen LogP contribution in [-0.4, -0.2) is 54.3 Å². The number of rotatable bonds is 4. The van der Waals surface area contributed by atoms with Gasteiger partial charge in [0.05, 0.1) is 11.1 Å². The number of likely N-dealkylation sites (N-methyl/N-ethyl adjacent to an activating group) is 1. The van der Waals surface area contributed by atoms with E-state index in [1.165, 1.54) is 12.1 Å². The maximum absolute atomic E-state index is 10.8. The first kappa shape index (κ1) is 15.2. The van der Waals surface area contributed by atoms with Crippen LogP contribution in [0.25, 0.3) is 11.3 Å². The Morgan fingerprint density at radius 3 is 2.74 bits per heavy atom. The lowest BCUT2D eigenvalue weighted by atomic mass is 10.1. The van der Waals surface area contributed by atoms with Crippen molar-refractivity contribution in [2.24, 2.45) is 5.10 Å². The van der Waals surface area contributed by atoms with Crippen molar-refractivity contribution in [2.45, 2.75) is 0 Å². The largest absolute Gasteiger partial charge is 0.455 e. The van der Waals surface area contributed by atoms with Gasteiger partial charge in [0.1, 0.15) is 11.5 Å². The SMILES string of the molecule is CN1CCN(/N=C/c2ccc(-c3cccc([N+](=O)[O-])c3)o2)CC1. The molecule has 0 aliphatic carbocycles. The van der Waals surface area contributed by atoms with E-state index in [9.17, 15) is 10.1 Å². The van der Waals surface area contributed by atoms with Crippen molar-refractivity contribution in [3.05, 3.63) is 52.3 Å². The Morgan fingerprint density at radius 2 is 2.00 bits per heavy atom. The predicted octanol–water partition coefficient (Wildman–Crippen LogP) is 2.44. The summed E-state index contributed by atoms with van der Waals surface area (Å²) in [7, 11) is 2.10. The molecule has 1 aromatic carbocycles. The number of nitro groups is 1. The Labute approximate surface area is 134 Å². The van der Waals surface area contributed by atoms with Crippen LogP contribution < -0.4 is 0 Å². The van der Waals surface area contributed by atoms with Gasteiger partial charge in [0.2, 0.25) is 0 Å². The second-order valence-electron chi connectivity index (χ2n) is 5.51. The zero-order valence-corrected chi connectivity index (χ0v) is 12.9. The molecule has 1 aromatic heterocycles. The molecular weight excluding hydrogens is 296 g/mol. The molecule has 0 radical (unpaired) electrons. The van der Waals surface area contributed by atoms with Gasteiger partial charge in [-0.1, -0.05) is 12.1 Å². The van der Waals surface area contributed by atoms with E-state index >= 15 is 0 Å². The van der Waals surface area contributed by atoms with Crippen molar-refractivity contribution >= 4 is 11.9 Å². The number of non-ortho nitro benzene ring substituents is 1. The summed E-state index contributed by atoms with van der Waals surface area (Å²) in [6.07, 6.45) is 1.69. The molecule has 0 unspecified atom stereocenters. The van der Waals surface area contributed by atoms with Crippen LogP contribution in [0.1, 0.15) is 5.76 Å². The minimum atomic E-state index is -0.415. The summed E-state index contributed by atoms with van der Waals surface area (Å²) in [5, 5.41) is 17.3. The zero-order valence-electron chi connectivity index (χ0n) is 12.9. The molecule has 7 nitrogen and oxygen atoms in total. The predicted molar refractivity (Wildman–Crippen MR) is 87.5 cm³/mol. The third-order valence-corrected chi connectivity index (χ3v) is 3.80. The molecule has 1 aliphatic rings. The highest BCUT2D eigenvalue weighted by atomic mass is 16.6. The van der Waals surface area contributed by atoms with Crippen molar-refractivity contribution in [1.82, 2.24) is 9.91 Å². The fourth-order valence-corrected chi connectivity index (χ4v) is 2.40. The standard InChI is InChI=1S/C16H18N4O3/c1-18-7-9-19(10-8-18)17-12-15-5-6-16(23-15)13-3-2-4-14(11-13)20(21)22/h2-6,11-12H,7-10H2,1H3/b17-12+. The number of hydrogen-bond donors (Lipinski definition) is 0. The first-order valence-corrected chi connectivity index (χ1v) is 7.44. The number of nitro benzene ring substituents is 1. The first-order chi connectivity index (χ1) is 11.1. The highest BCUT2D eigenvalue weighted by molar-refractivity contribution is 5.77. The summed E-state index contributed by atoms with van der Waals surface area (Å²) < 4.78 is 5.71. The minimum absolute atomic E-state index is 0.0477. The lowest BCUT2D eigenvalue weighted by molar-refractivity contribution is -0.384. The molecule has 1 fully saturated rings. The van der Waals surface area contributed by atoms with Crippen LogP contribution in [0.15, 0.2) is 45.9 Å². The second kappa shape index (κ2) is 6.62. The topological polar surface area (TPSA) is 75.1 Å². The molecular formula is C16H18N4O3. The van der Waals surface area contributed by atoms with Crippen molar-refractivity contribution in [2.75, 3.05) is 33.2 Å². The summed E-state index contributed by atoms with van der Waals surface area (Å²) in [6, 6.07) is 10.0. The van der Waals surface area contributed by atoms with Crippen molar-refractivity contribution in [3.8, 4) is 11.3 Å². The zero-order chi connectivity index (χ0) is 16.2. The maximum atomic E-state index is 10.8. The van der Waals surface area contributed by atoms with Gasteiger partial charge in [-0.25, -0.2) is 0 Å². The molecule has 23 heavy (non-hydrogen) atoms. The quantitative estimate of drug-likeness (QED) is 0.492. The van der Waals surface area contributed by atoms with Crippen LogP contribution in [0.4, 0.5) is 5.69 Å². The van der Waals surface area contributed by atoms with Gasteiger partial charge in [0, 0.05) is 43.9 Å². The highest BCUT2D eigenvalue weighted by Gasteiger charge is 2.12.